The summed E-state index contributed by atoms with van der Waals surface area (Å²) < 4.78 is 0. The van der Waals surface area contributed by atoms with Gasteiger partial charge in [0.15, 0.2) is 0 Å². The number of carboxylic acids is 1. The van der Waals surface area contributed by atoms with Gasteiger partial charge in [-0.15, -0.1) is 0 Å². The summed E-state index contributed by atoms with van der Waals surface area (Å²) >= 11 is 1.85. The van der Waals surface area contributed by atoms with E-state index in [-0.39, 0.29) is 12.5 Å². The smallest absolute Gasteiger partial charge is 0.304 e. The van der Waals surface area contributed by atoms with E-state index in [4.69, 9.17) is 5.11 Å². The Morgan fingerprint density at radius 2 is 2.44 bits per heavy atom. The normalized spacial score (nSPS) is 20.8. The van der Waals surface area contributed by atoms with E-state index in [0.29, 0.717) is 0 Å². The number of carbonyl (C=O) groups is 1. The second-order valence-electron chi connectivity index (χ2n) is 4.43. The molecule has 0 saturated carbocycles. The molecule has 0 aromatic carbocycles. The van der Waals surface area contributed by atoms with Crippen molar-refractivity contribution in [1.29, 1.82) is 0 Å². The van der Waals surface area contributed by atoms with E-state index in [0.717, 1.165) is 36.7 Å². The molecular formula is C13H18N2O2S. The molecule has 0 bridgehead atoms. The Kier molecular flexibility index (Phi) is 5.01. The van der Waals surface area contributed by atoms with Crippen LogP contribution >= 0.6 is 11.8 Å². The van der Waals surface area contributed by atoms with Crippen molar-refractivity contribution >= 4 is 17.7 Å². The summed E-state index contributed by atoms with van der Waals surface area (Å²) in [7, 11) is 0. The molecule has 0 amide bonds. The molecule has 0 spiro atoms. The Morgan fingerprint density at radius 1 is 1.56 bits per heavy atom. The van der Waals surface area contributed by atoms with Gasteiger partial charge in [-0.3, -0.25) is 14.7 Å². The van der Waals surface area contributed by atoms with Crippen LogP contribution in [0.2, 0.25) is 0 Å². The maximum Gasteiger partial charge on any atom is 0.304 e. The number of carboxylic acid groups (broad SMARTS) is 1. The molecule has 1 atom stereocenters. The molecule has 2 heterocycles. The second kappa shape index (κ2) is 6.75. The Bertz CT molecular complexity index is 386. The third-order valence-corrected chi connectivity index (χ3v) is 4.23. The van der Waals surface area contributed by atoms with Gasteiger partial charge in [0.2, 0.25) is 0 Å². The molecule has 1 N–H and O–H groups in total. The van der Waals surface area contributed by atoms with E-state index in [1.165, 1.54) is 0 Å². The van der Waals surface area contributed by atoms with Gasteiger partial charge >= 0.3 is 5.97 Å². The molecule has 0 radical (unpaired) electrons. The van der Waals surface area contributed by atoms with Gasteiger partial charge < -0.3 is 5.11 Å². The molecule has 1 aliphatic heterocycles. The van der Waals surface area contributed by atoms with Gasteiger partial charge in [0.25, 0.3) is 0 Å². The highest BCUT2D eigenvalue weighted by Crippen LogP contribution is 2.19. The van der Waals surface area contributed by atoms with Crippen molar-refractivity contribution in [3.8, 4) is 0 Å². The van der Waals surface area contributed by atoms with E-state index in [2.05, 4.69) is 9.88 Å². The molecule has 0 aliphatic carbocycles. The minimum Gasteiger partial charge on any atom is -0.481 e. The molecule has 98 valence electrons. The molecule has 1 unspecified atom stereocenters. The maximum absolute atomic E-state index is 10.8. The number of hydrogen-bond donors (Lipinski definition) is 1. The molecule has 5 heteroatoms. The van der Waals surface area contributed by atoms with Crippen LogP contribution in [0.3, 0.4) is 0 Å². The number of hydrogen-bond acceptors (Lipinski definition) is 4. The van der Waals surface area contributed by atoms with Crippen LogP contribution in [0, 0.1) is 0 Å². The summed E-state index contributed by atoms with van der Waals surface area (Å²) in [6, 6.07) is 6.09. The van der Waals surface area contributed by atoms with Crippen molar-refractivity contribution in [2.75, 3.05) is 24.6 Å². The first kappa shape index (κ1) is 13.4. The number of aromatic nitrogens is 1. The van der Waals surface area contributed by atoms with Gasteiger partial charge in [-0.05, 0) is 12.1 Å². The lowest BCUT2D eigenvalue weighted by Crippen LogP contribution is -2.44. The monoisotopic (exact) mass is 266 g/mol. The Hall–Kier alpha value is -1.07. The van der Waals surface area contributed by atoms with Crippen LogP contribution in [0.15, 0.2) is 24.4 Å². The Balaban J connectivity index is 1.87. The zero-order valence-corrected chi connectivity index (χ0v) is 11.1. The predicted octanol–water partition coefficient (Wildman–Crippen LogP) is 1.52. The molecule has 18 heavy (non-hydrogen) atoms. The van der Waals surface area contributed by atoms with Gasteiger partial charge in [-0.1, -0.05) is 6.07 Å². The van der Waals surface area contributed by atoms with Crippen LogP contribution in [0.5, 0.6) is 0 Å². The first-order valence-electron chi connectivity index (χ1n) is 6.19. The molecule has 4 nitrogen and oxygen atoms in total. The van der Waals surface area contributed by atoms with Crippen molar-refractivity contribution < 1.29 is 9.90 Å². The zero-order chi connectivity index (χ0) is 12.8. The highest BCUT2D eigenvalue weighted by Gasteiger charge is 2.24. The van der Waals surface area contributed by atoms with E-state index < -0.39 is 5.97 Å². The first-order chi connectivity index (χ1) is 8.75. The van der Waals surface area contributed by atoms with Crippen LogP contribution in [0.25, 0.3) is 0 Å². The summed E-state index contributed by atoms with van der Waals surface area (Å²) in [6.45, 7) is 1.88. The van der Waals surface area contributed by atoms with Crippen molar-refractivity contribution in [3.63, 3.8) is 0 Å². The van der Waals surface area contributed by atoms with E-state index in [1.54, 1.807) is 6.20 Å². The maximum atomic E-state index is 10.8. The first-order valence-corrected chi connectivity index (χ1v) is 7.34. The van der Waals surface area contributed by atoms with E-state index >= 15 is 0 Å². The number of rotatable bonds is 5. The van der Waals surface area contributed by atoms with Gasteiger partial charge in [0.05, 0.1) is 6.42 Å². The topological polar surface area (TPSA) is 53.4 Å². The average Bonchev–Trinajstić information content (AvgIpc) is 2.38. The lowest BCUT2D eigenvalue weighted by Gasteiger charge is -2.34. The number of thioether (sulfide) groups is 1. The molecule has 1 aromatic heterocycles. The minimum atomic E-state index is -0.703. The lowest BCUT2D eigenvalue weighted by molar-refractivity contribution is -0.138. The quantitative estimate of drug-likeness (QED) is 0.875. The number of pyridine rings is 1. The number of aliphatic carboxylic acids is 1. The van der Waals surface area contributed by atoms with Crippen molar-refractivity contribution in [2.24, 2.45) is 0 Å². The van der Waals surface area contributed by atoms with Crippen molar-refractivity contribution in [3.05, 3.63) is 30.1 Å². The van der Waals surface area contributed by atoms with Gasteiger partial charge in [-0.2, -0.15) is 11.8 Å². The predicted molar refractivity (Wildman–Crippen MR) is 72.9 cm³/mol. The Labute approximate surface area is 111 Å². The molecular weight excluding hydrogens is 248 g/mol. The fraction of sp³-hybridized carbons (Fsp3) is 0.538. The van der Waals surface area contributed by atoms with Crippen LogP contribution < -0.4 is 0 Å². The minimum absolute atomic E-state index is 0.171. The van der Waals surface area contributed by atoms with Crippen molar-refractivity contribution in [1.82, 2.24) is 9.88 Å². The number of nitrogens with zero attached hydrogens (tertiary/aromatic N) is 2. The SMILES string of the molecule is O=C(O)CC1CSCCN1CCc1ccccn1. The molecule has 1 saturated heterocycles. The lowest BCUT2D eigenvalue weighted by atomic mass is 10.1. The van der Waals surface area contributed by atoms with Gasteiger partial charge in [-0.25, -0.2) is 0 Å². The van der Waals surface area contributed by atoms with Crippen LogP contribution in [0.4, 0.5) is 0 Å². The molecule has 1 aromatic rings. The average molecular weight is 266 g/mol. The van der Waals surface area contributed by atoms with Crippen LogP contribution in [0.1, 0.15) is 12.1 Å². The van der Waals surface area contributed by atoms with E-state index in [9.17, 15) is 4.79 Å². The summed E-state index contributed by atoms with van der Waals surface area (Å²) in [6.07, 6.45) is 2.94. The summed E-state index contributed by atoms with van der Waals surface area (Å²) in [5.41, 5.74) is 1.07. The summed E-state index contributed by atoms with van der Waals surface area (Å²) in [5.74, 6) is 1.32. The standard InChI is InChI=1S/C13H18N2O2S/c16-13(17)9-12-10-18-8-7-15(12)6-4-11-3-1-2-5-14-11/h1-3,5,12H,4,6-10H2,(H,16,17). The van der Waals surface area contributed by atoms with Gasteiger partial charge in [0.1, 0.15) is 0 Å². The summed E-state index contributed by atoms with van der Waals surface area (Å²) in [4.78, 5) is 17.4. The highest BCUT2D eigenvalue weighted by molar-refractivity contribution is 7.99. The summed E-state index contributed by atoms with van der Waals surface area (Å²) in [5, 5.41) is 8.92. The van der Waals surface area contributed by atoms with Crippen LogP contribution in [-0.2, 0) is 11.2 Å². The fourth-order valence-electron chi connectivity index (χ4n) is 2.18. The zero-order valence-electron chi connectivity index (χ0n) is 10.3. The highest BCUT2D eigenvalue weighted by atomic mass is 32.2. The molecule has 1 fully saturated rings. The molecule has 1 aliphatic rings. The second-order valence-corrected chi connectivity index (χ2v) is 5.58. The fourth-order valence-corrected chi connectivity index (χ4v) is 3.31. The molecule has 2 rings (SSSR count). The Morgan fingerprint density at radius 3 is 3.17 bits per heavy atom. The third kappa shape index (κ3) is 3.99. The van der Waals surface area contributed by atoms with Crippen LogP contribution in [-0.4, -0.2) is 51.6 Å². The third-order valence-electron chi connectivity index (χ3n) is 3.14. The van der Waals surface area contributed by atoms with E-state index in [1.807, 2.05) is 30.0 Å². The largest absolute Gasteiger partial charge is 0.481 e. The van der Waals surface area contributed by atoms with Gasteiger partial charge in [0, 0.05) is 48.9 Å². The van der Waals surface area contributed by atoms with Crippen molar-refractivity contribution in [2.45, 2.75) is 18.9 Å².